The van der Waals surface area contributed by atoms with Crippen LogP contribution in [0.3, 0.4) is 0 Å². The van der Waals surface area contributed by atoms with Crippen molar-refractivity contribution in [1.82, 2.24) is 10.7 Å². The van der Waals surface area contributed by atoms with E-state index in [4.69, 9.17) is 17.4 Å². The number of hydrogen-bond donors (Lipinski definition) is 3. The summed E-state index contributed by atoms with van der Waals surface area (Å²) in [5.74, 6) is 6.55. The summed E-state index contributed by atoms with van der Waals surface area (Å²) < 4.78 is 0. The number of halogens is 1. The lowest BCUT2D eigenvalue weighted by atomic mass is 10.1. The monoisotopic (exact) mass is 268 g/mol. The molecule has 0 saturated carbocycles. The van der Waals surface area contributed by atoms with Crippen molar-refractivity contribution in [1.29, 1.82) is 0 Å². The minimum atomic E-state index is 0.115. The second-order valence-corrected chi connectivity index (χ2v) is 5.08. The van der Waals surface area contributed by atoms with Gasteiger partial charge in [-0.15, -0.1) is 0 Å². The zero-order valence-corrected chi connectivity index (χ0v) is 11.8. The first-order chi connectivity index (χ1) is 8.52. The average Bonchev–Trinajstić information content (AvgIpc) is 2.34. The number of benzene rings is 1. The Morgan fingerprint density at radius 2 is 1.89 bits per heavy atom. The van der Waals surface area contributed by atoms with Crippen molar-refractivity contribution < 1.29 is 0 Å². The van der Waals surface area contributed by atoms with E-state index < -0.39 is 0 Å². The lowest BCUT2D eigenvalue weighted by Gasteiger charge is -2.17. The molecule has 0 aliphatic heterocycles. The van der Waals surface area contributed by atoms with Crippen LogP contribution in [0.15, 0.2) is 29.3 Å². The van der Waals surface area contributed by atoms with Crippen molar-refractivity contribution in [2.24, 2.45) is 16.8 Å². The minimum Gasteiger partial charge on any atom is -0.349 e. The Morgan fingerprint density at radius 3 is 2.39 bits per heavy atom. The Balaban J connectivity index is 2.64. The highest BCUT2D eigenvalue weighted by Crippen LogP contribution is 2.15. The average molecular weight is 269 g/mol. The van der Waals surface area contributed by atoms with Gasteiger partial charge in [-0.2, -0.15) is 0 Å². The molecule has 0 aliphatic rings. The molecule has 5 heteroatoms. The van der Waals surface area contributed by atoms with Crippen molar-refractivity contribution >= 4 is 17.6 Å². The molecule has 0 amide bonds. The number of nitrogens with one attached hydrogen (secondary N) is 2. The fourth-order valence-corrected chi connectivity index (χ4v) is 1.57. The van der Waals surface area contributed by atoms with E-state index >= 15 is 0 Å². The van der Waals surface area contributed by atoms with Crippen LogP contribution in [0.2, 0.25) is 5.02 Å². The maximum absolute atomic E-state index is 5.86. The van der Waals surface area contributed by atoms with Gasteiger partial charge in [0.25, 0.3) is 0 Å². The van der Waals surface area contributed by atoms with Gasteiger partial charge in [0.1, 0.15) is 0 Å². The minimum absolute atomic E-state index is 0.115. The Labute approximate surface area is 114 Å². The number of guanidine groups is 1. The van der Waals surface area contributed by atoms with E-state index in [1.54, 1.807) is 0 Å². The van der Waals surface area contributed by atoms with Gasteiger partial charge in [-0.1, -0.05) is 37.6 Å². The number of nitrogens with two attached hydrogens (primary N) is 1. The van der Waals surface area contributed by atoms with Gasteiger partial charge in [-0.25, -0.2) is 5.84 Å². The smallest absolute Gasteiger partial charge is 0.206 e. The van der Waals surface area contributed by atoms with E-state index in [0.717, 1.165) is 17.1 Å². The predicted octanol–water partition coefficient (Wildman–Crippen LogP) is 2.47. The normalized spacial score (nSPS) is 13.6. The van der Waals surface area contributed by atoms with Gasteiger partial charge < -0.3 is 5.32 Å². The number of hydrogen-bond acceptors (Lipinski definition) is 2. The molecule has 0 heterocycles. The van der Waals surface area contributed by atoms with Gasteiger partial charge in [-0.3, -0.25) is 10.4 Å². The number of hydrazine groups is 1. The van der Waals surface area contributed by atoms with Crippen LogP contribution in [-0.4, -0.2) is 12.5 Å². The standard InChI is InChI=1S/C13H21ClN4/c1-9(2)8-16-13(18-15)17-10(3)11-4-6-12(14)7-5-11/h4-7,9-10H,8,15H2,1-3H3,(H2,16,17,18). The molecule has 0 fully saturated rings. The lowest BCUT2D eigenvalue weighted by molar-refractivity contribution is 0.643. The molecule has 0 aliphatic carbocycles. The number of aliphatic imine (C=N–C) groups is 1. The van der Waals surface area contributed by atoms with E-state index in [2.05, 4.69) is 29.6 Å². The molecular formula is C13H21ClN4. The van der Waals surface area contributed by atoms with Crippen molar-refractivity contribution in [3.8, 4) is 0 Å². The zero-order chi connectivity index (χ0) is 13.5. The molecule has 1 aromatic carbocycles. The van der Waals surface area contributed by atoms with E-state index in [0.29, 0.717) is 11.9 Å². The second kappa shape index (κ2) is 7.24. The Hall–Kier alpha value is -1.26. The van der Waals surface area contributed by atoms with E-state index in [9.17, 15) is 0 Å². The fraction of sp³-hybridized carbons (Fsp3) is 0.462. The topological polar surface area (TPSA) is 62.4 Å². The zero-order valence-electron chi connectivity index (χ0n) is 11.1. The molecule has 18 heavy (non-hydrogen) atoms. The highest BCUT2D eigenvalue weighted by atomic mass is 35.5. The highest BCUT2D eigenvalue weighted by Gasteiger charge is 2.07. The van der Waals surface area contributed by atoms with Gasteiger partial charge >= 0.3 is 0 Å². The number of nitrogens with zero attached hydrogens (tertiary/aromatic N) is 1. The molecule has 0 bridgehead atoms. The van der Waals surface area contributed by atoms with Gasteiger partial charge in [0.15, 0.2) is 0 Å². The summed E-state index contributed by atoms with van der Waals surface area (Å²) in [7, 11) is 0. The summed E-state index contributed by atoms with van der Waals surface area (Å²) in [6.07, 6.45) is 0. The third-order valence-corrected chi connectivity index (χ3v) is 2.73. The summed E-state index contributed by atoms with van der Waals surface area (Å²) in [6.45, 7) is 7.01. The molecule has 0 aromatic heterocycles. The first-order valence-corrected chi connectivity index (χ1v) is 6.43. The Morgan fingerprint density at radius 1 is 1.28 bits per heavy atom. The maximum atomic E-state index is 5.86. The van der Waals surface area contributed by atoms with Crippen LogP contribution in [0.1, 0.15) is 32.4 Å². The summed E-state index contributed by atoms with van der Waals surface area (Å²) in [6, 6.07) is 7.82. The summed E-state index contributed by atoms with van der Waals surface area (Å²) >= 11 is 5.86. The van der Waals surface area contributed by atoms with E-state index in [-0.39, 0.29) is 6.04 Å². The van der Waals surface area contributed by atoms with Crippen molar-refractivity contribution in [3.05, 3.63) is 34.9 Å². The van der Waals surface area contributed by atoms with Crippen LogP contribution in [0.5, 0.6) is 0 Å². The van der Waals surface area contributed by atoms with Crippen LogP contribution < -0.4 is 16.6 Å². The molecule has 4 nitrogen and oxygen atoms in total. The molecule has 1 aromatic rings. The van der Waals surface area contributed by atoms with Crippen LogP contribution in [-0.2, 0) is 0 Å². The van der Waals surface area contributed by atoms with Gasteiger partial charge in [0.05, 0.1) is 6.04 Å². The summed E-state index contributed by atoms with van der Waals surface area (Å²) in [5.41, 5.74) is 3.71. The van der Waals surface area contributed by atoms with Crippen molar-refractivity contribution in [2.45, 2.75) is 26.8 Å². The van der Waals surface area contributed by atoms with Gasteiger partial charge in [-0.05, 0) is 30.5 Å². The largest absolute Gasteiger partial charge is 0.349 e. The van der Waals surface area contributed by atoms with E-state index in [1.165, 1.54) is 0 Å². The van der Waals surface area contributed by atoms with Gasteiger partial charge in [0.2, 0.25) is 5.96 Å². The van der Waals surface area contributed by atoms with Crippen molar-refractivity contribution in [3.63, 3.8) is 0 Å². The van der Waals surface area contributed by atoms with Crippen molar-refractivity contribution in [2.75, 3.05) is 6.54 Å². The molecular weight excluding hydrogens is 248 g/mol. The molecule has 1 atom stereocenters. The molecule has 1 rings (SSSR count). The lowest BCUT2D eigenvalue weighted by Crippen LogP contribution is -2.42. The first kappa shape index (κ1) is 14.8. The number of rotatable bonds is 4. The third-order valence-electron chi connectivity index (χ3n) is 2.47. The summed E-state index contributed by atoms with van der Waals surface area (Å²) in [5, 5.41) is 3.96. The fourth-order valence-electron chi connectivity index (χ4n) is 1.45. The highest BCUT2D eigenvalue weighted by molar-refractivity contribution is 6.30. The van der Waals surface area contributed by atoms with Crippen LogP contribution >= 0.6 is 11.6 Å². The molecule has 0 saturated heterocycles. The van der Waals surface area contributed by atoms with Crippen LogP contribution in [0.4, 0.5) is 0 Å². The molecule has 1 unspecified atom stereocenters. The third kappa shape index (κ3) is 4.94. The SMILES string of the molecule is CC(C)CN=C(NN)NC(C)c1ccc(Cl)cc1. The first-order valence-electron chi connectivity index (χ1n) is 6.06. The Bertz CT molecular complexity index is 386. The van der Waals surface area contributed by atoms with Gasteiger partial charge in [0, 0.05) is 11.6 Å². The molecule has 4 N–H and O–H groups in total. The van der Waals surface area contributed by atoms with Crippen LogP contribution in [0, 0.1) is 5.92 Å². The Kier molecular flexibility index (Phi) is 5.95. The molecule has 0 radical (unpaired) electrons. The summed E-state index contributed by atoms with van der Waals surface area (Å²) in [4.78, 5) is 4.37. The van der Waals surface area contributed by atoms with Crippen LogP contribution in [0.25, 0.3) is 0 Å². The van der Waals surface area contributed by atoms with E-state index in [1.807, 2.05) is 31.2 Å². The second-order valence-electron chi connectivity index (χ2n) is 4.65. The quantitative estimate of drug-likeness (QED) is 0.340. The molecule has 100 valence electrons. The maximum Gasteiger partial charge on any atom is 0.206 e. The predicted molar refractivity (Wildman–Crippen MR) is 77.5 cm³/mol. The molecule has 0 spiro atoms.